The average molecular weight is 266 g/mol. The number of para-hydroxylation sites is 1. The van der Waals surface area contributed by atoms with Gasteiger partial charge in [0, 0.05) is 0 Å². The number of aromatic nitrogens is 2. The van der Waals surface area contributed by atoms with Gasteiger partial charge in [0.25, 0.3) is 11.1 Å². The molecule has 1 N–H and O–H groups in total. The van der Waals surface area contributed by atoms with Gasteiger partial charge in [0.1, 0.15) is 11.5 Å². The normalized spacial score (nSPS) is 10.3. The first-order chi connectivity index (χ1) is 8.70. The molecule has 0 aliphatic heterocycles. The summed E-state index contributed by atoms with van der Waals surface area (Å²) in [5.74, 6) is -0.124. The Balaban J connectivity index is 2.21. The van der Waals surface area contributed by atoms with Crippen molar-refractivity contribution in [2.75, 3.05) is 12.9 Å². The molecule has 1 heterocycles. The molecule has 7 heteroatoms. The highest BCUT2D eigenvalue weighted by molar-refractivity contribution is 7.99. The van der Waals surface area contributed by atoms with Gasteiger partial charge in [-0.2, -0.15) is 0 Å². The van der Waals surface area contributed by atoms with Gasteiger partial charge in [-0.1, -0.05) is 23.9 Å². The summed E-state index contributed by atoms with van der Waals surface area (Å²) in [6, 6.07) is 7.23. The molecule has 0 aliphatic rings. The molecular formula is C11H10N2O4S. The highest BCUT2D eigenvalue weighted by Gasteiger charge is 2.13. The zero-order valence-corrected chi connectivity index (χ0v) is 10.3. The molecule has 1 aromatic heterocycles. The monoisotopic (exact) mass is 266 g/mol. The van der Waals surface area contributed by atoms with Crippen molar-refractivity contribution < 1.29 is 19.1 Å². The highest BCUT2D eigenvalue weighted by Crippen LogP contribution is 2.30. The van der Waals surface area contributed by atoms with Gasteiger partial charge in [0.2, 0.25) is 0 Å². The lowest BCUT2D eigenvalue weighted by Crippen LogP contribution is -1.97. The number of thioether (sulfide) groups is 1. The van der Waals surface area contributed by atoms with Crippen LogP contribution in [0.1, 0.15) is 0 Å². The molecule has 2 aromatic rings. The first-order valence-corrected chi connectivity index (χ1v) is 6.00. The second-order valence-electron chi connectivity index (χ2n) is 3.26. The largest absolute Gasteiger partial charge is 0.496 e. The molecule has 2 rings (SSSR count). The standard InChI is InChI=1S/C11H10N2O4S/c1-16-8-5-3-2-4-7(8)10-12-13-11(17-10)18-6-9(14)15/h2-5H,6H2,1H3,(H,14,15). The number of benzene rings is 1. The summed E-state index contributed by atoms with van der Waals surface area (Å²) < 4.78 is 10.5. The molecule has 6 nitrogen and oxygen atoms in total. The first-order valence-electron chi connectivity index (χ1n) is 5.02. The van der Waals surface area contributed by atoms with Gasteiger partial charge in [0.15, 0.2) is 0 Å². The minimum Gasteiger partial charge on any atom is -0.496 e. The van der Waals surface area contributed by atoms with Crippen molar-refractivity contribution in [3.8, 4) is 17.2 Å². The molecule has 1 aromatic carbocycles. The summed E-state index contributed by atoms with van der Waals surface area (Å²) in [7, 11) is 1.55. The Hall–Kier alpha value is -2.02. The number of carboxylic acids is 1. The summed E-state index contributed by atoms with van der Waals surface area (Å²) in [6.45, 7) is 0. The second kappa shape index (κ2) is 5.54. The molecule has 18 heavy (non-hydrogen) atoms. The Bertz CT molecular complexity index is 555. The van der Waals surface area contributed by atoms with E-state index in [-0.39, 0.29) is 11.0 Å². The Morgan fingerprint density at radius 1 is 1.44 bits per heavy atom. The van der Waals surface area contributed by atoms with Gasteiger partial charge in [0.05, 0.1) is 12.7 Å². The predicted molar refractivity (Wildman–Crippen MR) is 64.6 cm³/mol. The van der Waals surface area contributed by atoms with E-state index in [4.69, 9.17) is 14.3 Å². The topological polar surface area (TPSA) is 85.5 Å². The van der Waals surface area contributed by atoms with Crippen molar-refractivity contribution in [2.45, 2.75) is 5.22 Å². The van der Waals surface area contributed by atoms with E-state index in [1.165, 1.54) is 0 Å². The number of nitrogens with zero attached hydrogens (tertiary/aromatic N) is 2. The van der Waals surface area contributed by atoms with E-state index in [1.807, 2.05) is 12.1 Å². The zero-order chi connectivity index (χ0) is 13.0. The molecule has 0 fully saturated rings. The summed E-state index contributed by atoms with van der Waals surface area (Å²) in [6.07, 6.45) is 0. The van der Waals surface area contributed by atoms with Crippen LogP contribution in [0.4, 0.5) is 0 Å². The third-order valence-corrected chi connectivity index (χ3v) is 2.87. The number of methoxy groups -OCH3 is 1. The smallest absolute Gasteiger partial charge is 0.314 e. The number of ether oxygens (including phenoxy) is 1. The summed E-state index contributed by atoms with van der Waals surface area (Å²) in [5.41, 5.74) is 0.676. The van der Waals surface area contributed by atoms with Crippen LogP contribution in [-0.4, -0.2) is 34.1 Å². The van der Waals surface area contributed by atoms with E-state index in [0.29, 0.717) is 17.2 Å². The summed E-state index contributed by atoms with van der Waals surface area (Å²) >= 11 is 0.977. The highest BCUT2D eigenvalue weighted by atomic mass is 32.2. The summed E-state index contributed by atoms with van der Waals surface area (Å²) in [5, 5.41) is 16.4. The van der Waals surface area contributed by atoms with E-state index in [2.05, 4.69) is 10.2 Å². The van der Waals surface area contributed by atoms with Crippen molar-refractivity contribution in [1.29, 1.82) is 0 Å². The number of rotatable bonds is 5. The number of carbonyl (C=O) groups is 1. The fourth-order valence-corrected chi connectivity index (χ4v) is 1.81. The van der Waals surface area contributed by atoms with Crippen LogP contribution in [0.2, 0.25) is 0 Å². The molecule has 0 unspecified atom stereocenters. The van der Waals surface area contributed by atoms with E-state index in [9.17, 15) is 4.79 Å². The van der Waals surface area contributed by atoms with Gasteiger partial charge in [-0.3, -0.25) is 4.79 Å². The lowest BCUT2D eigenvalue weighted by molar-refractivity contribution is -0.133. The van der Waals surface area contributed by atoms with E-state index < -0.39 is 5.97 Å². The van der Waals surface area contributed by atoms with E-state index in [0.717, 1.165) is 11.8 Å². The fraction of sp³-hybridized carbons (Fsp3) is 0.182. The van der Waals surface area contributed by atoms with Gasteiger partial charge in [-0.15, -0.1) is 10.2 Å². The molecule has 0 aliphatic carbocycles. The van der Waals surface area contributed by atoms with Crippen LogP contribution in [0.5, 0.6) is 5.75 Å². The third kappa shape index (κ3) is 2.80. The minimum atomic E-state index is -0.933. The van der Waals surface area contributed by atoms with E-state index in [1.54, 1.807) is 19.2 Å². The van der Waals surface area contributed by atoms with Crippen LogP contribution in [0.3, 0.4) is 0 Å². The van der Waals surface area contributed by atoms with Crippen LogP contribution >= 0.6 is 11.8 Å². The zero-order valence-electron chi connectivity index (χ0n) is 9.49. The minimum absolute atomic E-state index is 0.118. The third-order valence-electron chi connectivity index (χ3n) is 2.06. The molecule has 0 saturated heterocycles. The molecule has 0 spiro atoms. The maximum absolute atomic E-state index is 10.4. The lowest BCUT2D eigenvalue weighted by Gasteiger charge is -2.03. The Morgan fingerprint density at radius 2 is 2.22 bits per heavy atom. The number of carboxylic acid groups (broad SMARTS) is 1. The Labute approximate surface area is 107 Å². The van der Waals surface area contributed by atoms with Crippen LogP contribution in [0.25, 0.3) is 11.5 Å². The molecule has 0 bridgehead atoms. The molecule has 0 radical (unpaired) electrons. The molecule has 0 saturated carbocycles. The SMILES string of the molecule is COc1ccccc1-c1nnc(SCC(=O)O)o1. The Morgan fingerprint density at radius 3 is 2.94 bits per heavy atom. The van der Waals surface area contributed by atoms with Crippen molar-refractivity contribution >= 4 is 17.7 Å². The molecule has 0 amide bonds. The molecule has 94 valence electrons. The second-order valence-corrected chi connectivity index (χ2v) is 4.18. The predicted octanol–water partition coefficient (Wildman–Crippen LogP) is 1.92. The Kier molecular flexibility index (Phi) is 3.83. The van der Waals surface area contributed by atoms with Crippen LogP contribution in [0.15, 0.2) is 33.9 Å². The maximum Gasteiger partial charge on any atom is 0.314 e. The van der Waals surface area contributed by atoms with Crippen molar-refractivity contribution in [3.05, 3.63) is 24.3 Å². The number of hydrogen-bond acceptors (Lipinski definition) is 6. The fourth-order valence-electron chi connectivity index (χ4n) is 1.32. The first kappa shape index (κ1) is 12.4. The average Bonchev–Trinajstić information content (AvgIpc) is 2.85. The van der Waals surface area contributed by atoms with Crippen molar-refractivity contribution in [2.24, 2.45) is 0 Å². The van der Waals surface area contributed by atoms with Crippen LogP contribution < -0.4 is 4.74 Å². The molecule has 0 atom stereocenters. The van der Waals surface area contributed by atoms with Crippen LogP contribution in [0, 0.1) is 0 Å². The van der Waals surface area contributed by atoms with Gasteiger partial charge in [-0.25, -0.2) is 0 Å². The quantitative estimate of drug-likeness (QED) is 0.827. The lowest BCUT2D eigenvalue weighted by atomic mass is 10.2. The van der Waals surface area contributed by atoms with E-state index >= 15 is 0 Å². The number of hydrogen-bond donors (Lipinski definition) is 1. The van der Waals surface area contributed by atoms with Gasteiger partial charge >= 0.3 is 5.97 Å². The number of aliphatic carboxylic acids is 1. The van der Waals surface area contributed by atoms with Crippen LogP contribution in [-0.2, 0) is 4.79 Å². The van der Waals surface area contributed by atoms with Gasteiger partial charge in [-0.05, 0) is 12.1 Å². The summed E-state index contributed by atoms with van der Waals surface area (Å²) in [4.78, 5) is 10.4. The maximum atomic E-state index is 10.4. The van der Waals surface area contributed by atoms with Gasteiger partial charge < -0.3 is 14.3 Å². The van der Waals surface area contributed by atoms with Crippen molar-refractivity contribution in [3.63, 3.8) is 0 Å². The van der Waals surface area contributed by atoms with Crippen molar-refractivity contribution in [1.82, 2.24) is 10.2 Å². The molecular weight excluding hydrogens is 256 g/mol.